The lowest BCUT2D eigenvalue weighted by molar-refractivity contribution is -0.145. The Hall–Kier alpha value is -1.46. The number of aryl methyl sites for hydroxylation is 1. The lowest BCUT2D eigenvalue weighted by Gasteiger charge is -2.17. The molecule has 1 aromatic heterocycles. The lowest BCUT2D eigenvalue weighted by Crippen LogP contribution is -2.32. The van der Waals surface area contributed by atoms with E-state index in [2.05, 4.69) is 10.3 Å². The molecule has 100 valence electrons. The third-order valence-electron chi connectivity index (χ3n) is 2.44. The fourth-order valence-corrected chi connectivity index (χ4v) is 1.52. The maximum absolute atomic E-state index is 11.9. The maximum atomic E-state index is 11.9. The van der Waals surface area contributed by atoms with Crippen molar-refractivity contribution in [2.45, 2.75) is 19.9 Å². The molecule has 5 nitrogen and oxygen atoms in total. The SMILES string of the molecule is CCOC(=O)C(NCCOC)c1ccc(C)nc1. The van der Waals surface area contributed by atoms with Gasteiger partial charge in [0.25, 0.3) is 0 Å². The smallest absolute Gasteiger partial charge is 0.327 e. The molecule has 5 heteroatoms. The number of hydrogen-bond acceptors (Lipinski definition) is 5. The van der Waals surface area contributed by atoms with Gasteiger partial charge in [0.05, 0.1) is 13.2 Å². The van der Waals surface area contributed by atoms with Crippen LogP contribution in [0, 0.1) is 6.92 Å². The topological polar surface area (TPSA) is 60.5 Å². The summed E-state index contributed by atoms with van der Waals surface area (Å²) < 4.78 is 10.0. The Morgan fingerprint density at radius 3 is 2.83 bits per heavy atom. The van der Waals surface area contributed by atoms with Gasteiger partial charge >= 0.3 is 5.97 Å². The van der Waals surface area contributed by atoms with Crippen LogP contribution in [0.1, 0.15) is 24.2 Å². The Morgan fingerprint density at radius 2 is 2.28 bits per heavy atom. The zero-order valence-electron chi connectivity index (χ0n) is 11.1. The maximum Gasteiger partial charge on any atom is 0.327 e. The zero-order chi connectivity index (χ0) is 13.4. The fourth-order valence-electron chi connectivity index (χ4n) is 1.52. The molecule has 0 spiro atoms. The Morgan fingerprint density at radius 1 is 1.50 bits per heavy atom. The minimum absolute atomic E-state index is 0.292. The highest BCUT2D eigenvalue weighted by atomic mass is 16.5. The van der Waals surface area contributed by atoms with Crippen LogP contribution in [-0.2, 0) is 14.3 Å². The molecule has 0 aliphatic carbocycles. The van der Waals surface area contributed by atoms with E-state index in [9.17, 15) is 4.79 Å². The highest BCUT2D eigenvalue weighted by Gasteiger charge is 2.21. The van der Waals surface area contributed by atoms with Crippen molar-refractivity contribution in [3.63, 3.8) is 0 Å². The second kappa shape index (κ2) is 7.79. The molecule has 1 heterocycles. The molecule has 0 radical (unpaired) electrons. The van der Waals surface area contributed by atoms with Crippen molar-refractivity contribution in [1.82, 2.24) is 10.3 Å². The first-order chi connectivity index (χ1) is 8.69. The first-order valence-electron chi connectivity index (χ1n) is 6.00. The van der Waals surface area contributed by atoms with Gasteiger partial charge in [0.1, 0.15) is 6.04 Å². The van der Waals surface area contributed by atoms with Gasteiger partial charge in [0.2, 0.25) is 0 Å². The summed E-state index contributed by atoms with van der Waals surface area (Å²) in [6, 6.07) is 3.26. The van der Waals surface area contributed by atoms with Crippen LogP contribution in [0.15, 0.2) is 18.3 Å². The quantitative estimate of drug-likeness (QED) is 0.584. The Labute approximate surface area is 108 Å². The Balaban J connectivity index is 2.75. The second-order valence-electron chi connectivity index (χ2n) is 3.86. The van der Waals surface area contributed by atoms with Crippen LogP contribution in [0.4, 0.5) is 0 Å². The summed E-state index contributed by atoms with van der Waals surface area (Å²) in [6.07, 6.45) is 1.69. The van der Waals surface area contributed by atoms with Crippen molar-refractivity contribution in [3.05, 3.63) is 29.6 Å². The molecule has 1 atom stereocenters. The van der Waals surface area contributed by atoms with Crippen molar-refractivity contribution < 1.29 is 14.3 Å². The van der Waals surface area contributed by atoms with E-state index >= 15 is 0 Å². The minimum atomic E-state index is -0.492. The van der Waals surface area contributed by atoms with Crippen molar-refractivity contribution in [2.75, 3.05) is 26.9 Å². The van der Waals surface area contributed by atoms with Gasteiger partial charge in [-0.15, -0.1) is 0 Å². The highest BCUT2D eigenvalue weighted by Crippen LogP contribution is 2.14. The molecule has 0 saturated carbocycles. The first-order valence-corrected chi connectivity index (χ1v) is 6.00. The Kier molecular flexibility index (Phi) is 6.32. The standard InChI is InChI=1S/C13H20N2O3/c1-4-18-13(16)12(14-7-8-17-3)11-6-5-10(2)15-9-11/h5-6,9,12,14H,4,7-8H2,1-3H3. The number of nitrogens with zero attached hydrogens (tertiary/aromatic N) is 1. The van der Waals surface area contributed by atoms with Gasteiger partial charge in [0.15, 0.2) is 0 Å². The summed E-state index contributed by atoms with van der Waals surface area (Å²) in [5.41, 5.74) is 1.72. The van der Waals surface area contributed by atoms with E-state index in [1.807, 2.05) is 19.1 Å². The van der Waals surface area contributed by atoms with Gasteiger partial charge in [-0.05, 0) is 25.5 Å². The van der Waals surface area contributed by atoms with Crippen molar-refractivity contribution in [1.29, 1.82) is 0 Å². The number of hydrogen-bond donors (Lipinski definition) is 1. The molecule has 18 heavy (non-hydrogen) atoms. The fraction of sp³-hybridized carbons (Fsp3) is 0.538. The summed E-state index contributed by atoms with van der Waals surface area (Å²) in [5.74, 6) is -0.292. The number of pyridine rings is 1. The number of nitrogens with one attached hydrogen (secondary N) is 1. The summed E-state index contributed by atoms with van der Waals surface area (Å²) in [4.78, 5) is 16.1. The van der Waals surface area contributed by atoms with Gasteiger partial charge in [-0.25, -0.2) is 4.79 Å². The normalized spacial score (nSPS) is 12.2. The van der Waals surface area contributed by atoms with E-state index in [-0.39, 0.29) is 5.97 Å². The van der Waals surface area contributed by atoms with Crippen molar-refractivity contribution in [2.24, 2.45) is 0 Å². The molecular formula is C13H20N2O3. The van der Waals surface area contributed by atoms with Crippen LogP contribution in [0.2, 0.25) is 0 Å². The largest absolute Gasteiger partial charge is 0.465 e. The monoisotopic (exact) mass is 252 g/mol. The molecule has 1 unspecified atom stereocenters. The molecule has 1 N–H and O–H groups in total. The van der Waals surface area contributed by atoms with Crippen LogP contribution < -0.4 is 5.32 Å². The van der Waals surface area contributed by atoms with Gasteiger partial charge in [-0.2, -0.15) is 0 Å². The first kappa shape index (κ1) is 14.6. The predicted molar refractivity (Wildman–Crippen MR) is 68.2 cm³/mol. The average molecular weight is 252 g/mol. The van der Waals surface area contributed by atoms with Gasteiger partial charge in [-0.3, -0.25) is 10.3 Å². The van der Waals surface area contributed by atoms with Crippen molar-refractivity contribution >= 4 is 5.97 Å². The number of rotatable bonds is 7. The van der Waals surface area contributed by atoms with E-state index in [1.165, 1.54) is 0 Å². The molecule has 0 saturated heterocycles. The van der Waals surface area contributed by atoms with Gasteiger partial charge in [0, 0.05) is 25.5 Å². The van der Waals surface area contributed by atoms with E-state index < -0.39 is 6.04 Å². The number of methoxy groups -OCH3 is 1. The molecule has 0 amide bonds. The summed E-state index contributed by atoms with van der Waals surface area (Å²) in [5, 5.41) is 3.10. The molecule has 0 bridgehead atoms. The van der Waals surface area contributed by atoms with E-state index in [0.717, 1.165) is 11.3 Å². The van der Waals surface area contributed by atoms with Gasteiger partial charge < -0.3 is 9.47 Å². The highest BCUT2D eigenvalue weighted by molar-refractivity contribution is 5.77. The second-order valence-corrected chi connectivity index (χ2v) is 3.86. The molecular weight excluding hydrogens is 232 g/mol. The van der Waals surface area contributed by atoms with Crippen molar-refractivity contribution in [3.8, 4) is 0 Å². The number of aromatic nitrogens is 1. The lowest BCUT2D eigenvalue weighted by atomic mass is 10.1. The van der Waals surface area contributed by atoms with E-state index in [4.69, 9.17) is 9.47 Å². The van der Waals surface area contributed by atoms with Crippen LogP contribution in [0.5, 0.6) is 0 Å². The summed E-state index contributed by atoms with van der Waals surface area (Å²) in [6.45, 7) is 5.17. The number of esters is 1. The van der Waals surface area contributed by atoms with Gasteiger partial charge in [-0.1, -0.05) is 6.07 Å². The Bertz CT molecular complexity index is 365. The molecule has 0 aromatic carbocycles. The van der Waals surface area contributed by atoms with Crippen LogP contribution in [0.3, 0.4) is 0 Å². The predicted octanol–water partition coefficient (Wildman–Crippen LogP) is 1.23. The minimum Gasteiger partial charge on any atom is -0.465 e. The summed E-state index contributed by atoms with van der Waals surface area (Å²) in [7, 11) is 1.62. The molecule has 1 aromatic rings. The molecule has 0 aliphatic heterocycles. The van der Waals surface area contributed by atoms with Crippen LogP contribution in [0.25, 0.3) is 0 Å². The number of ether oxygens (including phenoxy) is 2. The third-order valence-corrected chi connectivity index (χ3v) is 2.44. The average Bonchev–Trinajstić information content (AvgIpc) is 2.36. The van der Waals surface area contributed by atoms with Crippen LogP contribution in [-0.4, -0.2) is 37.8 Å². The summed E-state index contributed by atoms with van der Waals surface area (Å²) >= 11 is 0. The van der Waals surface area contributed by atoms with Crippen LogP contribution >= 0.6 is 0 Å². The third kappa shape index (κ3) is 4.43. The number of carbonyl (C=O) groups is 1. The number of carbonyl (C=O) groups excluding carboxylic acids is 1. The molecule has 0 fully saturated rings. The van der Waals surface area contributed by atoms with E-state index in [1.54, 1.807) is 20.2 Å². The zero-order valence-corrected chi connectivity index (χ0v) is 11.1. The van der Waals surface area contributed by atoms with E-state index in [0.29, 0.717) is 19.8 Å². The molecule has 0 aliphatic rings. The molecule has 1 rings (SSSR count).